The number of carbonyl (C=O) groups is 1. The van der Waals surface area contributed by atoms with Gasteiger partial charge in [0, 0.05) is 49.3 Å². The maximum Gasteiger partial charge on any atom is 0.324 e. The predicted octanol–water partition coefficient (Wildman–Crippen LogP) is 3.33. The molecule has 2 aromatic heterocycles. The number of aromatic amines is 1. The Labute approximate surface area is 216 Å². The van der Waals surface area contributed by atoms with Gasteiger partial charge in [-0.2, -0.15) is 5.10 Å². The Morgan fingerprint density at radius 2 is 1.89 bits per heavy atom. The maximum atomic E-state index is 12.4. The summed E-state index contributed by atoms with van der Waals surface area (Å²) in [5.74, 6) is 8.11. The first-order chi connectivity index (χ1) is 18.2. The van der Waals surface area contributed by atoms with E-state index in [1.807, 2.05) is 30.3 Å². The molecule has 0 atom stereocenters. The first-order valence-electron chi connectivity index (χ1n) is 12.8. The molecular formula is C27H32N8O2. The molecule has 10 nitrogen and oxygen atoms in total. The fourth-order valence-electron chi connectivity index (χ4n) is 4.06. The number of hydrogen-bond donors (Lipinski definition) is 4. The number of hydrogen-bond acceptors (Lipinski definition) is 7. The van der Waals surface area contributed by atoms with Crippen molar-refractivity contribution in [3.63, 3.8) is 0 Å². The number of ether oxygens (including phenoxy) is 1. The fraction of sp³-hybridized carbons (Fsp3) is 0.407. The highest BCUT2D eigenvalue weighted by Gasteiger charge is 2.22. The Morgan fingerprint density at radius 1 is 1.08 bits per heavy atom. The van der Waals surface area contributed by atoms with Crippen LogP contribution in [0.15, 0.2) is 42.7 Å². The molecule has 37 heavy (non-hydrogen) atoms. The molecular weight excluding hydrogens is 468 g/mol. The summed E-state index contributed by atoms with van der Waals surface area (Å²) in [4.78, 5) is 23.5. The molecule has 3 aromatic rings. The van der Waals surface area contributed by atoms with Crippen LogP contribution in [-0.2, 0) is 11.2 Å². The van der Waals surface area contributed by atoms with Crippen LogP contribution in [0.1, 0.15) is 36.1 Å². The molecule has 4 N–H and O–H groups in total. The number of aromatic nitrogens is 4. The highest BCUT2D eigenvalue weighted by atomic mass is 16.5. The van der Waals surface area contributed by atoms with Crippen molar-refractivity contribution < 1.29 is 9.53 Å². The molecule has 2 fully saturated rings. The third-order valence-electron chi connectivity index (χ3n) is 6.24. The molecule has 0 unspecified atom stereocenters. The lowest BCUT2D eigenvalue weighted by atomic mass is 10.2. The van der Waals surface area contributed by atoms with Gasteiger partial charge in [0.2, 0.25) is 5.95 Å². The molecule has 3 heterocycles. The second-order valence-electron chi connectivity index (χ2n) is 9.36. The maximum absolute atomic E-state index is 12.4. The number of rotatable bonds is 9. The zero-order valence-corrected chi connectivity index (χ0v) is 20.8. The summed E-state index contributed by atoms with van der Waals surface area (Å²) in [6.45, 7) is 5.51. The van der Waals surface area contributed by atoms with E-state index in [0.29, 0.717) is 17.5 Å². The topological polar surface area (TPSA) is 120 Å². The van der Waals surface area contributed by atoms with Crippen LogP contribution in [0.3, 0.4) is 0 Å². The van der Waals surface area contributed by atoms with E-state index in [1.54, 1.807) is 12.4 Å². The lowest BCUT2D eigenvalue weighted by molar-refractivity contribution is 0.0378. The molecule has 2 aliphatic rings. The molecule has 0 bridgehead atoms. The first kappa shape index (κ1) is 24.7. The summed E-state index contributed by atoms with van der Waals surface area (Å²) in [5.41, 5.74) is 3.12. The van der Waals surface area contributed by atoms with Gasteiger partial charge in [-0.05, 0) is 56.3 Å². The van der Waals surface area contributed by atoms with Gasteiger partial charge < -0.3 is 15.4 Å². The molecule has 1 saturated heterocycles. The molecule has 5 rings (SSSR count). The van der Waals surface area contributed by atoms with Gasteiger partial charge in [-0.25, -0.2) is 14.8 Å². The van der Waals surface area contributed by atoms with Crippen molar-refractivity contribution in [1.29, 1.82) is 0 Å². The number of carbonyl (C=O) groups excluding carboxylic acids is 1. The Balaban J connectivity index is 1.07. The number of nitrogens with zero attached hydrogens (tertiary/aromatic N) is 4. The van der Waals surface area contributed by atoms with E-state index < -0.39 is 0 Å². The van der Waals surface area contributed by atoms with Gasteiger partial charge in [0.25, 0.3) is 0 Å². The Hall–Kier alpha value is -3.94. The van der Waals surface area contributed by atoms with Crippen molar-refractivity contribution in [2.45, 2.75) is 25.7 Å². The van der Waals surface area contributed by atoms with E-state index >= 15 is 0 Å². The summed E-state index contributed by atoms with van der Waals surface area (Å²) >= 11 is 0. The minimum absolute atomic E-state index is 0.340. The van der Waals surface area contributed by atoms with Crippen LogP contribution in [0.25, 0.3) is 0 Å². The Morgan fingerprint density at radius 3 is 2.70 bits per heavy atom. The molecule has 0 radical (unpaired) electrons. The van der Waals surface area contributed by atoms with Crippen molar-refractivity contribution in [3.05, 3.63) is 59.5 Å². The zero-order valence-electron chi connectivity index (χ0n) is 20.8. The molecule has 10 heteroatoms. The van der Waals surface area contributed by atoms with Crippen LogP contribution in [0.4, 0.5) is 22.2 Å². The standard InChI is InChI=1S/C27H32N8O2/c36-27(32-25-17-24(33-34-25)16-21-5-6-21)31-23-4-1-3-20(15-23)7-8-22-18-29-26(30-19-22)28-9-2-10-35-11-13-37-14-12-35/h1,3-4,15,17-19,21H,2,5-6,9-14,16H2,(H,28,29,30)(H3,31,32,33,34,36). The molecule has 1 aromatic carbocycles. The number of amides is 2. The average molecular weight is 501 g/mol. The lowest BCUT2D eigenvalue weighted by Crippen LogP contribution is -2.37. The average Bonchev–Trinajstić information content (AvgIpc) is 3.63. The van der Waals surface area contributed by atoms with E-state index in [4.69, 9.17) is 4.74 Å². The van der Waals surface area contributed by atoms with Gasteiger partial charge in [-0.1, -0.05) is 17.9 Å². The summed E-state index contributed by atoms with van der Waals surface area (Å²) in [5, 5.41) is 16.0. The van der Waals surface area contributed by atoms with Crippen LogP contribution < -0.4 is 16.0 Å². The van der Waals surface area contributed by atoms with Crippen molar-refractivity contribution >= 4 is 23.5 Å². The summed E-state index contributed by atoms with van der Waals surface area (Å²) in [6, 6.07) is 8.92. The fourth-order valence-corrected chi connectivity index (χ4v) is 4.06. The van der Waals surface area contributed by atoms with Crippen molar-refractivity contribution in [2.24, 2.45) is 5.92 Å². The number of H-pyrrole nitrogens is 1. The summed E-state index contributed by atoms with van der Waals surface area (Å²) in [7, 11) is 0. The van der Waals surface area contributed by atoms with E-state index in [1.165, 1.54) is 12.8 Å². The normalized spacial score (nSPS) is 15.5. The number of anilines is 3. The van der Waals surface area contributed by atoms with E-state index in [2.05, 4.69) is 52.9 Å². The quantitative estimate of drug-likeness (QED) is 0.263. The van der Waals surface area contributed by atoms with Crippen LogP contribution in [0.5, 0.6) is 0 Å². The number of benzene rings is 1. The Bertz CT molecular complexity index is 1240. The summed E-state index contributed by atoms with van der Waals surface area (Å²) in [6.07, 6.45) is 7.93. The largest absolute Gasteiger partial charge is 0.379 e. The lowest BCUT2D eigenvalue weighted by Gasteiger charge is -2.26. The second kappa shape index (κ2) is 12.3. The zero-order chi connectivity index (χ0) is 25.3. The third-order valence-corrected chi connectivity index (χ3v) is 6.24. The number of nitrogens with one attached hydrogen (secondary N) is 4. The van der Waals surface area contributed by atoms with Crippen LogP contribution in [-0.4, -0.2) is 70.5 Å². The molecule has 192 valence electrons. The van der Waals surface area contributed by atoms with E-state index in [0.717, 1.165) is 75.0 Å². The minimum Gasteiger partial charge on any atom is -0.379 e. The van der Waals surface area contributed by atoms with Gasteiger partial charge in [0.1, 0.15) is 5.82 Å². The smallest absolute Gasteiger partial charge is 0.324 e. The predicted molar refractivity (Wildman–Crippen MR) is 142 cm³/mol. The second-order valence-corrected chi connectivity index (χ2v) is 9.36. The highest BCUT2D eigenvalue weighted by molar-refractivity contribution is 5.99. The van der Waals surface area contributed by atoms with Gasteiger partial charge in [-0.3, -0.25) is 15.3 Å². The Kier molecular flexibility index (Phi) is 8.25. The van der Waals surface area contributed by atoms with Crippen molar-refractivity contribution in [1.82, 2.24) is 25.1 Å². The van der Waals surface area contributed by atoms with E-state index in [9.17, 15) is 4.79 Å². The van der Waals surface area contributed by atoms with Gasteiger partial charge in [0.15, 0.2) is 0 Å². The van der Waals surface area contributed by atoms with E-state index in [-0.39, 0.29) is 6.03 Å². The molecule has 2 amide bonds. The molecule has 1 saturated carbocycles. The van der Waals surface area contributed by atoms with Gasteiger partial charge >= 0.3 is 6.03 Å². The van der Waals surface area contributed by atoms with Crippen LogP contribution in [0, 0.1) is 17.8 Å². The van der Waals surface area contributed by atoms with Gasteiger partial charge in [-0.15, -0.1) is 0 Å². The van der Waals surface area contributed by atoms with Crippen molar-refractivity contribution in [3.8, 4) is 11.8 Å². The van der Waals surface area contributed by atoms with Gasteiger partial charge in [0.05, 0.1) is 24.5 Å². The van der Waals surface area contributed by atoms with Crippen molar-refractivity contribution in [2.75, 3.05) is 55.3 Å². The first-order valence-corrected chi connectivity index (χ1v) is 12.8. The number of morpholine rings is 1. The molecule has 0 spiro atoms. The number of urea groups is 1. The minimum atomic E-state index is -0.340. The van der Waals surface area contributed by atoms with Crippen LogP contribution in [0.2, 0.25) is 0 Å². The summed E-state index contributed by atoms with van der Waals surface area (Å²) < 4.78 is 5.38. The molecule has 1 aliphatic heterocycles. The highest BCUT2D eigenvalue weighted by Crippen LogP contribution is 2.32. The van der Waals surface area contributed by atoms with Crippen LogP contribution >= 0.6 is 0 Å². The third kappa shape index (κ3) is 8.03. The SMILES string of the molecule is O=C(Nc1cccc(C#Cc2cnc(NCCCN3CCOCC3)nc2)c1)Nc1cc(CC2CC2)n[nH]1. The molecule has 1 aliphatic carbocycles. The monoisotopic (exact) mass is 500 g/mol.